The van der Waals surface area contributed by atoms with Crippen LogP contribution in [0.3, 0.4) is 0 Å². The first-order valence-corrected chi connectivity index (χ1v) is 16.8. The Labute approximate surface area is 254 Å². The number of hydrogen-bond donors (Lipinski definition) is 3. The van der Waals surface area contributed by atoms with E-state index >= 15 is 0 Å². The lowest BCUT2D eigenvalue weighted by atomic mass is 9.33. The van der Waals surface area contributed by atoms with Crippen molar-refractivity contribution in [2.24, 2.45) is 56.2 Å². The molecule has 4 saturated carbocycles. The van der Waals surface area contributed by atoms with Crippen LogP contribution in [0.5, 0.6) is 0 Å². The number of esters is 1. The predicted molar refractivity (Wildman–Crippen MR) is 165 cm³/mol. The number of nitrogens with one attached hydrogen (secondary N) is 1. The molecule has 0 saturated heterocycles. The molecule has 5 rings (SSSR count). The van der Waals surface area contributed by atoms with Gasteiger partial charge in [-0.3, -0.25) is 4.79 Å². The Hall–Kier alpha value is -1.40. The number of fused-ring (bicyclic) bond motifs is 7. The molecule has 42 heavy (non-hydrogen) atoms. The van der Waals surface area contributed by atoms with Crippen LogP contribution >= 0.6 is 0 Å². The first-order valence-electron chi connectivity index (χ1n) is 16.8. The lowest BCUT2D eigenvalue weighted by Gasteiger charge is -2.71. The fourth-order valence-corrected chi connectivity index (χ4v) is 11.7. The number of aliphatic hydroxyl groups is 2. The highest BCUT2D eigenvalue weighted by atomic mass is 16.5. The molecule has 6 nitrogen and oxygen atoms in total. The summed E-state index contributed by atoms with van der Waals surface area (Å²) in [6, 6.07) is -0.644. The molecule has 6 heteroatoms. The fourth-order valence-electron chi connectivity index (χ4n) is 11.7. The second-order valence-electron chi connectivity index (χ2n) is 17.6. The van der Waals surface area contributed by atoms with Gasteiger partial charge < -0.3 is 20.3 Å². The van der Waals surface area contributed by atoms with E-state index in [0.29, 0.717) is 18.3 Å². The zero-order valence-corrected chi connectivity index (χ0v) is 28.1. The van der Waals surface area contributed by atoms with E-state index in [0.717, 1.165) is 51.4 Å². The highest BCUT2D eigenvalue weighted by Gasteiger charge is 2.70. The molecule has 5 aliphatic rings. The van der Waals surface area contributed by atoms with Gasteiger partial charge in [0.2, 0.25) is 5.91 Å². The molecule has 0 spiro atoms. The highest BCUT2D eigenvalue weighted by Crippen LogP contribution is 2.75. The normalized spacial score (nSPS) is 46.2. The molecule has 0 aromatic carbocycles. The minimum Gasteiger partial charge on any atom is -0.467 e. The van der Waals surface area contributed by atoms with Gasteiger partial charge in [-0.15, -0.1) is 0 Å². The molecule has 4 fully saturated rings. The Balaban J connectivity index is 1.56. The van der Waals surface area contributed by atoms with Gasteiger partial charge in [-0.2, -0.15) is 0 Å². The SMILES string of the molecule is COC(=O)[C@@H](NC(=O)[C@]12CCC(C)(C)C[C@H]1C1=CC[C@@H]3[C@@]4(C)C[C@@H](O)[C@H](O)C(C)(C)[C@@H]4CC[C@@]3(C)[C@]1(C)CC2)C(C)C. The van der Waals surface area contributed by atoms with Gasteiger partial charge in [-0.1, -0.05) is 74.0 Å². The molecule has 0 aromatic heterocycles. The predicted octanol–water partition coefficient (Wildman–Crippen LogP) is 6.43. The van der Waals surface area contributed by atoms with Crippen molar-refractivity contribution in [3.63, 3.8) is 0 Å². The Morgan fingerprint density at radius 1 is 0.929 bits per heavy atom. The monoisotopic (exact) mass is 585 g/mol. The van der Waals surface area contributed by atoms with Crippen LogP contribution in [0.1, 0.15) is 120 Å². The topological polar surface area (TPSA) is 95.9 Å². The Kier molecular flexibility index (Phi) is 7.66. The van der Waals surface area contributed by atoms with Crippen LogP contribution in [0.4, 0.5) is 0 Å². The quantitative estimate of drug-likeness (QED) is 0.261. The summed E-state index contributed by atoms with van der Waals surface area (Å²) in [5.74, 6) is 0.509. The Morgan fingerprint density at radius 2 is 1.57 bits per heavy atom. The van der Waals surface area contributed by atoms with Gasteiger partial charge in [0.1, 0.15) is 6.04 Å². The van der Waals surface area contributed by atoms with Crippen molar-refractivity contribution >= 4 is 11.9 Å². The molecule has 0 aliphatic heterocycles. The van der Waals surface area contributed by atoms with E-state index < -0.39 is 23.7 Å². The lowest BCUT2D eigenvalue weighted by Crippen LogP contribution is -2.67. The molecule has 0 bridgehead atoms. The third kappa shape index (κ3) is 4.30. The zero-order valence-electron chi connectivity index (χ0n) is 28.1. The summed E-state index contributed by atoms with van der Waals surface area (Å²) in [6.07, 6.45) is 9.50. The van der Waals surface area contributed by atoms with Crippen molar-refractivity contribution in [2.45, 2.75) is 138 Å². The molecule has 238 valence electrons. The van der Waals surface area contributed by atoms with Gasteiger partial charge >= 0.3 is 5.97 Å². The highest BCUT2D eigenvalue weighted by molar-refractivity contribution is 5.89. The van der Waals surface area contributed by atoms with Crippen LogP contribution in [0.15, 0.2) is 11.6 Å². The number of methoxy groups -OCH3 is 1. The largest absolute Gasteiger partial charge is 0.467 e. The van der Waals surface area contributed by atoms with Crippen molar-refractivity contribution in [3.8, 4) is 0 Å². The molecular formula is C36H59NO5. The van der Waals surface area contributed by atoms with E-state index in [1.54, 1.807) is 0 Å². The number of ether oxygens (including phenoxy) is 1. The second-order valence-corrected chi connectivity index (χ2v) is 17.6. The van der Waals surface area contributed by atoms with Crippen molar-refractivity contribution in [1.29, 1.82) is 0 Å². The number of allylic oxidation sites excluding steroid dienone is 2. The summed E-state index contributed by atoms with van der Waals surface area (Å²) < 4.78 is 5.09. The van der Waals surface area contributed by atoms with Gasteiger partial charge in [0.25, 0.3) is 0 Å². The minimum atomic E-state index is -0.702. The molecule has 5 aliphatic carbocycles. The number of carbonyl (C=O) groups excluding carboxylic acids is 2. The van der Waals surface area contributed by atoms with Gasteiger partial charge in [-0.05, 0) is 109 Å². The van der Waals surface area contributed by atoms with Crippen molar-refractivity contribution in [2.75, 3.05) is 7.11 Å². The summed E-state index contributed by atoms with van der Waals surface area (Å²) in [5, 5.41) is 25.4. The maximum absolute atomic E-state index is 14.4. The summed E-state index contributed by atoms with van der Waals surface area (Å²) >= 11 is 0. The van der Waals surface area contributed by atoms with Crippen molar-refractivity contribution in [1.82, 2.24) is 5.32 Å². The van der Waals surface area contributed by atoms with E-state index in [2.05, 4.69) is 59.9 Å². The van der Waals surface area contributed by atoms with Crippen LogP contribution < -0.4 is 5.32 Å². The molecular weight excluding hydrogens is 526 g/mol. The maximum Gasteiger partial charge on any atom is 0.328 e. The summed E-state index contributed by atoms with van der Waals surface area (Å²) in [7, 11) is 1.40. The van der Waals surface area contributed by atoms with Gasteiger partial charge in [0.15, 0.2) is 0 Å². The number of carbonyl (C=O) groups is 2. The number of amides is 1. The van der Waals surface area contributed by atoms with Gasteiger partial charge in [0.05, 0.1) is 24.7 Å². The fraction of sp³-hybridized carbons (Fsp3) is 0.889. The average molecular weight is 586 g/mol. The van der Waals surface area contributed by atoms with E-state index in [4.69, 9.17) is 4.74 Å². The molecule has 1 amide bonds. The zero-order chi connectivity index (χ0) is 31.3. The van der Waals surface area contributed by atoms with E-state index in [1.807, 2.05) is 13.8 Å². The van der Waals surface area contributed by atoms with Crippen LogP contribution in [-0.2, 0) is 14.3 Å². The van der Waals surface area contributed by atoms with E-state index in [1.165, 1.54) is 12.7 Å². The van der Waals surface area contributed by atoms with E-state index in [9.17, 15) is 19.8 Å². The molecule has 3 N–H and O–H groups in total. The molecule has 10 atom stereocenters. The Morgan fingerprint density at radius 3 is 2.19 bits per heavy atom. The number of aliphatic hydroxyl groups excluding tert-OH is 2. The summed E-state index contributed by atoms with van der Waals surface area (Å²) in [4.78, 5) is 27.1. The molecule has 0 radical (unpaired) electrons. The van der Waals surface area contributed by atoms with Gasteiger partial charge in [-0.25, -0.2) is 4.79 Å². The third-order valence-corrected chi connectivity index (χ3v) is 14.4. The average Bonchev–Trinajstić information content (AvgIpc) is 2.89. The first kappa shape index (κ1) is 32.0. The third-order valence-electron chi connectivity index (χ3n) is 14.4. The molecule has 0 heterocycles. The van der Waals surface area contributed by atoms with Crippen molar-refractivity contribution in [3.05, 3.63) is 11.6 Å². The van der Waals surface area contributed by atoms with Crippen LogP contribution in [0, 0.1) is 56.2 Å². The smallest absolute Gasteiger partial charge is 0.328 e. The minimum absolute atomic E-state index is 0.0316. The molecule has 0 aromatic rings. The van der Waals surface area contributed by atoms with Crippen molar-refractivity contribution < 1.29 is 24.5 Å². The first-order chi connectivity index (χ1) is 19.3. The molecule has 0 unspecified atom stereocenters. The number of hydrogen-bond acceptors (Lipinski definition) is 5. The maximum atomic E-state index is 14.4. The van der Waals surface area contributed by atoms with Gasteiger partial charge in [0, 0.05) is 0 Å². The van der Waals surface area contributed by atoms with Crippen LogP contribution in [0.2, 0.25) is 0 Å². The van der Waals surface area contributed by atoms with Crippen LogP contribution in [0.25, 0.3) is 0 Å². The van der Waals surface area contributed by atoms with E-state index in [-0.39, 0.29) is 50.8 Å². The Bertz CT molecular complexity index is 1140. The standard InChI is InChI=1S/C36H59NO5/c1-21(2)27(29(40)42-10)37-30(41)36-17-15-31(3,4)19-23(36)22-11-12-26-33(7)20-24(38)28(39)32(5,6)25(33)13-14-35(26,9)34(22,8)16-18-36/h11,21,23-28,38-39H,12-20H2,1-10H3,(H,37,41)/t23-,24+,25-,26+,27-,28-,33-,34+,35+,36-/m0/s1. The summed E-state index contributed by atoms with van der Waals surface area (Å²) in [6.45, 7) is 20.4. The number of rotatable bonds is 4. The second kappa shape index (κ2) is 10.1. The summed E-state index contributed by atoms with van der Waals surface area (Å²) in [5.41, 5.74) is 0.698. The lowest BCUT2D eigenvalue weighted by molar-refractivity contribution is -0.231. The van der Waals surface area contributed by atoms with Crippen LogP contribution in [-0.4, -0.2) is 47.4 Å².